The van der Waals surface area contributed by atoms with Crippen LogP contribution in [0.15, 0.2) is 65.5 Å². The van der Waals surface area contributed by atoms with Crippen molar-refractivity contribution in [1.82, 2.24) is 4.90 Å². The van der Waals surface area contributed by atoms with E-state index in [0.29, 0.717) is 0 Å². The normalized spacial score (nSPS) is 18.3. The Hall–Kier alpha value is -2.06. The number of aliphatic imine (C=N–C) groups is 1. The van der Waals surface area contributed by atoms with Gasteiger partial charge in [-0.15, -0.1) is 0 Å². The second kappa shape index (κ2) is 4.90. The zero-order chi connectivity index (χ0) is 13.2. The van der Waals surface area contributed by atoms with Crippen LogP contribution < -0.4 is 0 Å². The van der Waals surface area contributed by atoms with Crippen LogP contribution >= 0.6 is 11.6 Å². The van der Waals surface area contributed by atoms with Crippen molar-refractivity contribution in [2.45, 2.75) is 0 Å². The van der Waals surface area contributed by atoms with Gasteiger partial charge in [-0.05, 0) is 35.9 Å². The maximum atomic E-state index is 6.03. The van der Waals surface area contributed by atoms with E-state index in [1.165, 1.54) is 0 Å². The van der Waals surface area contributed by atoms with Crippen LogP contribution in [-0.4, -0.2) is 18.2 Å². The lowest BCUT2D eigenvalue weighted by atomic mass is 10.1. The van der Waals surface area contributed by atoms with Gasteiger partial charge >= 0.3 is 0 Å². The molecular formula is C16H13ClN2. The quantitative estimate of drug-likeness (QED) is 0.740. The van der Waals surface area contributed by atoms with Gasteiger partial charge in [0, 0.05) is 41.8 Å². The third-order valence-electron chi connectivity index (χ3n) is 3.07. The van der Waals surface area contributed by atoms with Crippen LogP contribution in [0.4, 0.5) is 5.69 Å². The lowest BCUT2D eigenvalue weighted by molar-refractivity contribution is 0.620. The number of hydrogen-bond acceptors (Lipinski definition) is 2. The number of allylic oxidation sites excluding steroid dienone is 6. The third kappa shape index (κ3) is 2.54. The maximum absolute atomic E-state index is 6.03. The van der Waals surface area contributed by atoms with Gasteiger partial charge in [0.05, 0.1) is 5.69 Å². The third-order valence-corrected chi connectivity index (χ3v) is 3.31. The summed E-state index contributed by atoms with van der Waals surface area (Å²) in [5.74, 6) is 0. The molecule has 0 N–H and O–H groups in total. The number of halogens is 1. The number of fused-ring (bicyclic) bond motifs is 1. The first-order chi connectivity index (χ1) is 9.22. The topological polar surface area (TPSA) is 15.6 Å². The first kappa shape index (κ1) is 12.0. The second-order valence-electron chi connectivity index (χ2n) is 4.51. The van der Waals surface area contributed by atoms with Crippen molar-refractivity contribution in [2.75, 3.05) is 7.05 Å². The molecule has 19 heavy (non-hydrogen) atoms. The largest absolute Gasteiger partial charge is 0.357 e. The van der Waals surface area contributed by atoms with Crippen molar-refractivity contribution >= 4 is 29.1 Å². The van der Waals surface area contributed by atoms with Crippen LogP contribution in [0.25, 0.3) is 5.57 Å². The fraction of sp³-hybridized carbons (Fsp3) is 0.0625. The van der Waals surface area contributed by atoms with E-state index in [0.717, 1.165) is 27.4 Å². The number of rotatable bonds is 1. The van der Waals surface area contributed by atoms with Crippen LogP contribution in [-0.2, 0) is 0 Å². The highest BCUT2D eigenvalue weighted by Gasteiger charge is 2.11. The highest BCUT2D eigenvalue weighted by Crippen LogP contribution is 2.33. The van der Waals surface area contributed by atoms with E-state index in [-0.39, 0.29) is 0 Å². The number of hydrogen-bond donors (Lipinski definition) is 0. The average molecular weight is 269 g/mol. The van der Waals surface area contributed by atoms with E-state index >= 15 is 0 Å². The summed E-state index contributed by atoms with van der Waals surface area (Å²) in [5.41, 5.74) is 4.31. The molecule has 0 aliphatic carbocycles. The minimum absolute atomic E-state index is 0.738. The van der Waals surface area contributed by atoms with E-state index < -0.39 is 0 Å². The van der Waals surface area contributed by atoms with E-state index in [1.807, 2.05) is 48.8 Å². The lowest BCUT2D eigenvalue weighted by Crippen LogP contribution is -2.02. The van der Waals surface area contributed by atoms with E-state index in [2.05, 4.69) is 29.3 Å². The molecule has 0 radical (unpaired) electrons. The molecule has 3 rings (SSSR count). The van der Waals surface area contributed by atoms with Gasteiger partial charge in [-0.3, -0.25) is 4.99 Å². The molecule has 0 saturated heterocycles. The molecule has 2 heterocycles. The van der Waals surface area contributed by atoms with Gasteiger partial charge < -0.3 is 4.90 Å². The van der Waals surface area contributed by atoms with Gasteiger partial charge in [-0.1, -0.05) is 23.8 Å². The summed E-state index contributed by atoms with van der Waals surface area (Å²) in [7, 11) is 2.00. The molecule has 2 aliphatic rings. The summed E-state index contributed by atoms with van der Waals surface area (Å²) >= 11 is 6.03. The molecule has 0 spiro atoms. The standard InChI is InChI=1S/C16H13ClN2/c1-19-8-6-12(7-9-19)2-3-13-11-18-16-5-4-14(17)10-15(13)16/h2-11H,1H3/b13-3+. The summed E-state index contributed by atoms with van der Waals surface area (Å²) in [6, 6.07) is 5.76. The van der Waals surface area contributed by atoms with E-state index in [4.69, 9.17) is 11.6 Å². The van der Waals surface area contributed by atoms with Gasteiger partial charge in [-0.2, -0.15) is 0 Å². The second-order valence-corrected chi connectivity index (χ2v) is 4.94. The van der Waals surface area contributed by atoms with Crippen LogP contribution in [0.5, 0.6) is 0 Å². The molecule has 0 aromatic heterocycles. The predicted octanol–water partition coefficient (Wildman–Crippen LogP) is 4.34. The first-order valence-electron chi connectivity index (χ1n) is 6.07. The smallest absolute Gasteiger partial charge is 0.0709 e. The van der Waals surface area contributed by atoms with Crippen LogP contribution in [0.3, 0.4) is 0 Å². The SMILES string of the molecule is CN1C=CC(=C/C=C2\C=Nc3ccc(Cl)cc32)C=C1. The molecule has 0 unspecified atom stereocenters. The fourth-order valence-corrected chi connectivity index (χ4v) is 2.18. The molecule has 1 aromatic rings. The first-order valence-corrected chi connectivity index (χ1v) is 6.44. The molecule has 0 bridgehead atoms. The molecule has 94 valence electrons. The summed E-state index contributed by atoms with van der Waals surface area (Å²) in [6.07, 6.45) is 14.2. The Morgan fingerprint density at radius 1 is 1.16 bits per heavy atom. The van der Waals surface area contributed by atoms with E-state index in [1.54, 1.807) is 0 Å². The Balaban J connectivity index is 1.90. The number of benzene rings is 1. The highest BCUT2D eigenvalue weighted by atomic mass is 35.5. The van der Waals surface area contributed by atoms with Crippen molar-refractivity contribution in [2.24, 2.45) is 4.99 Å². The lowest BCUT2D eigenvalue weighted by Gasteiger charge is -2.11. The minimum atomic E-state index is 0.738. The molecule has 0 fully saturated rings. The van der Waals surface area contributed by atoms with Gasteiger partial charge in [0.15, 0.2) is 0 Å². The van der Waals surface area contributed by atoms with Crippen LogP contribution in [0.2, 0.25) is 5.02 Å². The Morgan fingerprint density at radius 3 is 2.74 bits per heavy atom. The monoisotopic (exact) mass is 268 g/mol. The average Bonchev–Trinajstić information content (AvgIpc) is 2.80. The van der Waals surface area contributed by atoms with Crippen molar-refractivity contribution in [3.8, 4) is 0 Å². The molecule has 0 atom stereocenters. The summed E-state index contributed by atoms with van der Waals surface area (Å²) in [5, 5.41) is 0.738. The zero-order valence-electron chi connectivity index (χ0n) is 10.5. The Morgan fingerprint density at radius 2 is 1.95 bits per heavy atom. The summed E-state index contributed by atoms with van der Waals surface area (Å²) in [6.45, 7) is 0. The molecular weight excluding hydrogens is 256 g/mol. The van der Waals surface area contributed by atoms with Crippen LogP contribution in [0, 0.1) is 0 Å². The molecule has 0 amide bonds. The van der Waals surface area contributed by atoms with Gasteiger partial charge in [0.2, 0.25) is 0 Å². The van der Waals surface area contributed by atoms with Crippen molar-refractivity contribution in [3.63, 3.8) is 0 Å². The Bertz CT molecular complexity index is 647. The molecule has 2 aliphatic heterocycles. The summed E-state index contributed by atoms with van der Waals surface area (Å²) < 4.78 is 0. The predicted molar refractivity (Wildman–Crippen MR) is 81.7 cm³/mol. The molecule has 0 saturated carbocycles. The number of nitrogens with zero attached hydrogens (tertiary/aromatic N) is 2. The molecule has 3 heteroatoms. The maximum Gasteiger partial charge on any atom is 0.0709 e. The van der Waals surface area contributed by atoms with Crippen molar-refractivity contribution in [3.05, 3.63) is 71.1 Å². The molecule has 2 nitrogen and oxygen atoms in total. The Kier molecular flexibility index (Phi) is 3.10. The molecule has 1 aromatic carbocycles. The highest BCUT2D eigenvalue weighted by molar-refractivity contribution is 6.31. The summed E-state index contributed by atoms with van der Waals surface area (Å²) in [4.78, 5) is 6.38. The minimum Gasteiger partial charge on any atom is -0.357 e. The fourth-order valence-electron chi connectivity index (χ4n) is 2.00. The van der Waals surface area contributed by atoms with Gasteiger partial charge in [0.25, 0.3) is 0 Å². The van der Waals surface area contributed by atoms with Crippen LogP contribution in [0.1, 0.15) is 5.56 Å². The van der Waals surface area contributed by atoms with Gasteiger partial charge in [-0.25, -0.2) is 0 Å². The van der Waals surface area contributed by atoms with E-state index in [9.17, 15) is 0 Å². The van der Waals surface area contributed by atoms with Crippen molar-refractivity contribution < 1.29 is 0 Å². The Labute approximate surface area is 117 Å². The zero-order valence-corrected chi connectivity index (χ0v) is 11.3. The van der Waals surface area contributed by atoms with Crippen molar-refractivity contribution in [1.29, 1.82) is 0 Å². The van der Waals surface area contributed by atoms with Gasteiger partial charge in [0.1, 0.15) is 0 Å².